The highest BCUT2D eigenvalue weighted by molar-refractivity contribution is 5.81. The molecule has 0 saturated carbocycles. The Balaban J connectivity index is 4.33. The lowest BCUT2D eigenvalue weighted by atomic mass is 10.1. The van der Waals surface area contributed by atoms with E-state index < -0.39 is 5.92 Å². The minimum Gasteiger partial charge on any atom is -0.394 e. The summed E-state index contributed by atoms with van der Waals surface area (Å²) in [6.45, 7) is 3.45. The van der Waals surface area contributed by atoms with E-state index in [1.165, 1.54) is 4.90 Å². The van der Waals surface area contributed by atoms with E-state index in [1.807, 2.05) is 6.07 Å². The molecule has 0 aliphatic carbocycles. The molecule has 1 N–H and O–H groups in total. The molecular weight excluding hydrogens is 168 g/mol. The normalized spacial score (nSPS) is 14.4. The first kappa shape index (κ1) is 11.9. The summed E-state index contributed by atoms with van der Waals surface area (Å²) in [7, 11) is 1.60. The van der Waals surface area contributed by atoms with E-state index in [9.17, 15) is 4.79 Å². The zero-order chi connectivity index (χ0) is 10.4. The topological polar surface area (TPSA) is 64.3 Å². The molecule has 2 atom stereocenters. The zero-order valence-electron chi connectivity index (χ0n) is 8.32. The quantitative estimate of drug-likeness (QED) is 0.686. The second kappa shape index (κ2) is 5.55. The molecule has 1 amide bonds. The summed E-state index contributed by atoms with van der Waals surface area (Å²) in [5.74, 6) is -0.800. The number of hydrogen-bond donors (Lipinski definition) is 1. The summed E-state index contributed by atoms with van der Waals surface area (Å²) in [5.41, 5.74) is 0. The first-order chi connectivity index (χ1) is 6.08. The van der Waals surface area contributed by atoms with Crippen molar-refractivity contribution in [3.8, 4) is 6.07 Å². The van der Waals surface area contributed by atoms with Gasteiger partial charge in [-0.3, -0.25) is 4.79 Å². The molecule has 0 bridgehead atoms. The molecular formula is C9H16N2O2. The van der Waals surface area contributed by atoms with Gasteiger partial charge in [0, 0.05) is 7.05 Å². The smallest absolute Gasteiger partial charge is 0.239 e. The highest BCUT2D eigenvalue weighted by Crippen LogP contribution is 2.07. The van der Waals surface area contributed by atoms with Crippen molar-refractivity contribution in [2.75, 3.05) is 13.7 Å². The molecule has 4 nitrogen and oxygen atoms in total. The van der Waals surface area contributed by atoms with Crippen LogP contribution in [0.3, 0.4) is 0 Å². The molecule has 0 aromatic heterocycles. The Morgan fingerprint density at radius 3 is 2.54 bits per heavy atom. The summed E-state index contributed by atoms with van der Waals surface area (Å²) in [4.78, 5) is 12.9. The number of likely N-dealkylation sites (N-methyl/N-ethyl adjacent to an activating group) is 1. The van der Waals surface area contributed by atoms with Crippen molar-refractivity contribution in [2.45, 2.75) is 26.3 Å². The van der Waals surface area contributed by atoms with Crippen LogP contribution in [0.2, 0.25) is 0 Å². The molecule has 0 aliphatic heterocycles. The van der Waals surface area contributed by atoms with Crippen molar-refractivity contribution in [2.24, 2.45) is 5.92 Å². The van der Waals surface area contributed by atoms with Crippen LogP contribution in [-0.2, 0) is 4.79 Å². The fourth-order valence-corrected chi connectivity index (χ4v) is 0.907. The van der Waals surface area contributed by atoms with Gasteiger partial charge in [0.15, 0.2) is 0 Å². The fourth-order valence-electron chi connectivity index (χ4n) is 0.907. The summed E-state index contributed by atoms with van der Waals surface area (Å²) in [6.07, 6.45) is 0.512. The lowest BCUT2D eigenvalue weighted by molar-refractivity contribution is -0.135. The Morgan fingerprint density at radius 2 is 2.23 bits per heavy atom. The Morgan fingerprint density at radius 1 is 1.69 bits per heavy atom. The first-order valence-electron chi connectivity index (χ1n) is 4.35. The molecule has 13 heavy (non-hydrogen) atoms. The number of nitrogens with zero attached hydrogens (tertiary/aromatic N) is 2. The average molecular weight is 184 g/mol. The third-order valence-corrected chi connectivity index (χ3v) is 2.14. The van der Waals surface area contributed by atoms with Crippen molar-refractivity contribution in [3.05, 3.63) is 0 Å². The van der Waals surface area contributed by atoms with E-state index in [4.69, 9.17) is 10.4 Å². The van der Waals surface area contributed by atoms with Gasteiger partial charge in [0.25, 0.3) is 0 Å². The molecule has 2 unspecified atom stereocenters. The van der Waals surface area contributed by atoms with Gasteiger partial charge in [-0.2, -0.15) is 5.26 Å². The van der Waals surface area contributed by atoms with E-state index in [2.05, 4.69) is 0 Å². The van der Waals surface area contributed by atoms with Crippen LogP contribution in [0.15, 0.2) is 0 Å². The number of hydrogen-bond acceptors (Lipinski definition) is 3. The van der Waals surface area contributed by atoms with Crippen molar-refractivity contribution in [3.63, 3.8) is 0 Å². The van der Waals surface area contributed by atoms with Crippen LogP contribution in [0.4, 0.5) is 0 Å². The van der Waals surface area contributed by atoms with Gasteiger partial charge >= 0.3 is 0 Å². The standard InChI is InChI=1S/C9H16N2O2/c1-4-8(5-10)9(13)11(3)7(2)6-12/h7-8,12H,4,6H2,1-3H3. The number of aliphatic hydroxyl groups is 1. The maximum atomic E-state index is 11.5. The Labute approximate surface area is 78.8 Å². The van der Waals surface area contributed by atoms with E-state index in [0.717, 1.165) is 0 Å². The third-order valence-electron chi connectivity index (χ3n) is 2.14. The number of rotatable bonds is 4. The van der Waals surface area contributed by atoms with Crippen molar-refractivity contribution < 1.29 is 9.90 Å². The summed E-state index contributed by atoms with van der Waals surface area (Å²) >= 11 is 0. The molecule has 0 aromatic carbocycles. The van der Waals surface area contributed by atoms with Gasteiger partial charge in [-0.25, -0.2) is 0 Å². The van der Waals surface area contributed by atoms with Crippen LogP contribution >= 0.6 is 0 Å². The minimum absolute atomic E-state index is 0.0793. The molecule has 0 radical (unpaired) electrons. The molecule has 0 spiro atoms. The Hall–Kier alpha value is -1.08. The van der Waals surface area contributed by atoms with Crippen LogP contribution in [-0.4, -0.2) is 35.6 Å². The molecule has 0 aliphatic rings. The van der Waals surface area contributed by atoms with Crippen LogP contribution in [0.25, 0.3) is 0 Å². The van der Waals surface area contributed by atoms with Gasteiger partial charge in [-0.05, 0) is 13.3 Å². The first-order valence-corrected chi connectivity index (χ1v) is 4.35. The second-order valence-corrected chi connectivity index (χ2v) is 3.07. The Bertz CT molecular complexity index is 210. The van der Waals surface area contributed by atoms with Crippen molar-refractivity contribution >= 4 is 5.91 Å². The Kier molecular flexibility index (Phi) is 5.09. The van der Waals surface area contributed by atoms with Crippen LogP contribution in [0.5, 0.6) is 0 Å². The minimum atomic E-state index is -0.584. The third kappa shape index (κ3) is 3.03. The predicted molar refractivity (Wildman–Crippen MR) is 48.7 cm³/mol. The lowest BCUT2D eigenvalue weighted by Gasteiger charge is -2.24. The summed E-state index contributed by atoms with van der Waals surface area (Å²) in [6, 6.07) is 1.71. The monoisotopic (exact) mass is 184 g/mol. The van der Waals surface area contributed by atoms with E-state index >= 15 is 0 Å². The fraction of sp³-hybridized carbons (Fsp3) is 0.778. The average Bonchev–Trinajstić information content (AvgIpc) is 2.17. The van der Waals surface area contributed by atoms with Crippen LogP contribution in [0, 0.1) is 17.2 Å². The second-order valence-electron chi connectivity index (χ2n) is 3.07. The van der Waals surface area contributed by atoms with Gasteiger partial charge in [0.1, 0.15) is 5.92 Å². The molecule has 0 rings (SSSR count). The van der Waals surface area contributed by atoms with Gasteiger partial charge in [-0.15, -0.1) is 0 Å². The van der Waals surface area contributed by atoms with Crippen molar-refractivity contribution in [1.82, 2.24) is 4.90 Å². The molecule has 0 fully saturated rings. The zero-order valence-corrected chi connectivity index (χ0v) is 8.32. The van der Waals surface area contributed by atoms with Crippen molar-refractivity contribution in [1.29, 1.82) is 5.26 Å². The predicted octanol–water partition coefficient (Wildman–Crippen LogP) is 0.375. The number of nitriles is 1. The molecule has 0 heterocycles. The van der Waals surface area contributed by atoms with Gasteiger partial charge in [-0.1, -0.05) is 6.92 Å². The van der Waals surface area contributed by atoms with Crippen LogP contribution < -0.4 is 0 Å². The summed E-state index contributed by atoms with van der Waals surface area (Å²) < 4.78 is 0. The highest BCUT2D eigenvalue weighted by Gasteiger charge is 2.22. The van der Waals surface area contributed by atoms with E-state index in [0.29, 0.717) is 6.42 Å². The SMILES string of the molecule is CCC(C#N)C(=O)N(C)C(C)CO. The van der Waals surface area contributed by atoms with E-state index in [-0.39, 0.29) is 18.6 Å². The van der Waals surface area contributed by atoms with Gasteiger partial charge < -0.3 is 10.0 Å². The van der Waals surface area contributed by atoms with Gasteiger partial charge in [0.2, 0.25) is 5.91 Å². The van der Waals surface area contributed by atoms with Gasteiger partial charge in [0.05, 0.1) is 18.7 Å². The number of carbonyl (C=O) groups excluding carboxylic acids is 1. The molecule has 74 valence electrons. The highest BCUT2D eigenvalue weighted by atomic mass is 16.3. The number of amides is 1. The largest absolute Gasteiger partial charge is 0.394 e. The number of aliphatic hydroxyl groups excluding tert-OH is 1. The lowest BCUT2D eigenvalue weighted by Crippen LogP contribution is -2.40. The molecule has 0 saturated heterocycles. The van der Waals surface area contributed by atoms with Crippen LogP contribution in [0.1, 0.15) is 20.3 Å². The molecule has 4 heteroatoms. The number of carbonyl (C=O) groups is 1. The maximum absolute atomic E-state index is 11.5. The molecule has 0 aromatic rings. The van der Waals surface area contributed by atoms with E-state index in [1.54, 1.807) is 20.9 Å². The summed E-state index contributed by atoms with van der Waals surface area (Å²) in [5, 5.41) is 17.4. The maximum Gasteiger partial charge on any atom is 0.239 e.